The van der Waals surface area contributed by atoms with Gasteiger partial charge in [-0.2, -0.15) is 0 Å². The largest absolute Gasteiger partial charge is 0.492 e. The predicted octanol–water partition coefficient (Wildman–Crippen LogP) is 4.52. The molecule has 158 valence electrons. The number of fused-ring (bicyclic) bond motifs is 1. The smallest absolute Gasteiger partial charge is 0.410 e. The number of halogens is 1. The van der Waals surface area contributed by atoms with Gasteiger partial charge in [-0.15, -0.1) is 5.10 Å². The van der Waals surface area contributed by atoms with Gasteiger partial charge in [-0.1, -0.05) is 16.8 Å². The third-order valence-corrected chi connectivity index (χ3v) is 5.82. The normalized spacial score (nSPS) is 18.3. The van der Waals surface area contributed by atoms with E-state index in [1.54, 1.807) is 4.90 Å². The Morgan fingerprint density at radius 1 is 1.17 bits per heavy atom. The van der Waals surface area contributed by atoms with E-state index in [9.17, 15) is 4.79 Å². The highest BCUT2D eigenvalue weighted by atomic mass is 35.5. The molecule has 1 aliphatic carbocycles. The van der Waals surface area contributed by atoms with Gasteiger partial charge in [0.15, 0.2) is 0 Å². The molecule has 0 atom stereocenters. The van der Waals surface area contributed by atoms with Crippen LogP contribution in [0.2, 0.25) is 5.02 Å². The Hall–Kier alpha value is -2.02. The summed E-state index contributed by atoms with van der Waals surface area (Å²) in [6.45, 7) is 8.51. The summed E-state index contributed by atoms with van der Waals surface area (Å²) >= 11 is 6.54. The third-order valence-electron chi connectivity index (χ3n) is 5.46. The summed E-state index contributed by atoms with van der Waals surface area (Å²) in [4.78, 5) is 14.0. The van der Waals surface area contributed by atoms with Crippen molar-refractivity contribution < 1.29 is 14.3 Å². The van der Waals surface area contributed by atoms with Crippen LogP contribution in [0.15, 0.2) is 12.1 Å². The Morgan fingerprint density at radius 2 is 1.90 bits per heavy atom. The molecule has 1 aromatic carbocycles. The number of nitrogens with zero attached hydrogens (tertiary/aromatic N) is 4. The zero-order chi connectivity index (χ0) is 20.6. The fraction of sp³-hybridized carbons (Fsp3) is 0.667. The van der Waals surface area contributed by atoms with Crippen LogP contribution in [-0.4, -0.2) is 51.3 Å². The number of piperidine rings is 1. The van der Waals surface area contributed by atoms with Gasteiger partial charge in [0.05, 0.1) is 12.1 Å². The maximum absolute atomic E-state index is 12.2. The molecule has 1 aromatic heterocycles. The summed E-state index contributed by atoms with van der Waals surface area (Å²) in [5.41, 5.74) is 1.19. The molecule has 2 aromatic rings. The van der Waals surface area contributed by atoms with E-state index < -0.39 is 5.60 Å². The lowest BCUT2D eigenvalue weighted by atomic mass is 9.98. The molecule has 1 amide bonds. The highest BCUT2D eigenvalue weighted by molar-refractivity contribution is 6.36. The average molecular weight is 421 g/mol. The molecule has 0 unspecified atom stereocenters. The first-order chi connectivity index (χ1) is 13.8. The first-order valence-corrected chi connectivity index (χ1v) is 10.8. The van der Waals surface area contributed by atoms with Crippen LogP contribution in [0.3, 0.4) is 0 Å². The van der Waals surface area contributed by atoms with Gasteiger partial charge in [-0.3, -0.25) is 0 Å². The van der Waals surface area contributed by atoms with Crippen LogP contribution in [0, 0.1) is 11.8 Å². The van der Waals surface area contributed by atoms with Gasteiger partial charge in [-0.05, 0) is 70.4 Å². The van der Waals surface area contributed by atoms with Crippen LogP contribution < -0.4 is 4.74 Å². The van der Waals surface area contributed by atoms with Gasteiger partial charge < -0.3 is 14.4 Å². The fourth-order valence-electron chi connectivity index (χ4n) is 3.59. The summed E-state index contributed by atoms with van der Waals surface area (Å²) in [6.07, 6.45) is 4.07. The second kappa shape index (κ2) is 8.01. The number of rotatable bonds is 5. The summed E-state index contributed by atoms with van der Waals surface area (Å²) in [6, 6.07) is 3.90. The second-order valence-electron chi connectivity index (χ2n) is 9.18. The van der Waals surface area contributed by atoms with Gasteiger partial charge in [-0.25, -0.2) is 9.48 Å². The van der Waals surface area contributed by atoms with E-state index in [4.69, 9.17) is 21.1 Å². The van der Waals surface area contributed by atoms with E-state index in [0.717, 1.165) is 30.8 Å². The molecule has 1 saturated heterocycles. The van der Waals surface area contributed by atoms with Crippen molar-refractivity contribution in [2.75, 3.05) is 19.7 Å². The van der Waals surface area contributed by atoms with E-state index in [1.807, 2.05) is 37.6 Å². The Morgan fingerprint density at radius 3 is 2.55 bits per heavy atom. The maximum Gasteiger partial charge on any atom is 0.410 e. The number of hydrogen-bond donors (Lipinski definition) is 0. The Balaban J connectivity index is 1.31. The molecule has 4 rings (SSSR count). The topological polar surface area (TPSA) is 69.5 Å². The van der Waals surface area contributed by atoms with Crippen molar-refractivity contribution in [3.8, 4) is 5.75 Å². The Labute approximate surface area is 176 Å². The third kappa shape index (κ3) is 4.94. The summed E-state index contributed by atoms with van der Waals surface area (Å²) in [5.74, 6) is 1.75. The monoisotopic (exact) mass is 420 g/mol. The van der Waals surface area contributed by atoms with Crippen LogP contribution in [0.25, 0.3) is 11.0 Å². The van der Waals surface area contributed by atoms with E-state index >= 15 is 0 Å². The first-order valence-electron chi connectivity index (χ1n) is 10.4. The number of amides is 1. The number of ether oxygens (including phenoxy) is 2. The lowest BCUT2D eigenvalue weighted by Crippen LogP contribution is -2.42. The number of hydrogen-bond acceptors (Lipinski definition) is 5. The van der Waals surface area contributed by atoms with Crippen LogP contribution in [0.5, 0.6) is 5.75 Å². The van der Waals surface area contributed by atoms with Crippen LogP contribution in [0.4, 0.5) is 4.79 Å². The average Bonchev–Trinajstić information content (AvgIpc) is 3.39. The molecule has 7 nitrogen and oxygen atoms in total. The zero-order valence-corrected chi connectivity index (χ0v) is 18.1. The molecule has 8 heteroatoms. The number of aromatic nitrogens is 3. The molecule has 29 heavy (non-hydrogen) atoms. The van der Waals surface area contributed by atoms with Crippen molar-refractivity contribution in [1.82, 2.24) is 19.9 Å². The highest BCUT2D eigenvalue weighted by Gasteiger charge is 2.27. The SMILES string of the molecule is CC(C)(C)OC(=O)N1CCC(COc2ccc3c(nnn3CC3CC3)c2Cl)CC1. The minimum atomic E-state index is -0.465. The predicted molar refractivity (Wildman–Crippen MR) is 111 cm³/mol. The van der Waals surface area contributed by atoms with Gasteiger partial charge >= 0.3 is 6.09 Å². The van der Waals surface area contributed by atoms with E-state index in [0.29, 0.717) is 41.9 Å². The Kier molecular flexibility index (Phi) is 5.60. The lowest BCUT2D eigenvalue weighted by Gasteiger charge is -2.33. The van der Waals surface area contributed by atoms with Gasteiger partial charge in [0.1, 0.15) is 21.9 Å². The molecule has 2 heterocycles. The number of benzene rings is 1. The van der Waals surface area contributed by atoms with Crippen molar-refractivity contribution in [2.45, 2.75) is 58.6 Å². The molecule has 0 radical (unpaired) electrons. The molecule has 1 aliphatic heterocycles. The molecule has 1 saturated carbocycles. The van der Waals surface area contributed by atoms with E-state index in [-0.39, 0.29) is 6.09 Å². The number of carbonyl (C=O) groups excluding carboxylic acids is 1. The summed E-state index contributed by atoms with van der Waals surface area (Å²) < 4.78 is 13.4. The standard InChI is InChI=1S/C21H29ClN4O3/c1-21(2,3)29-20(27)25-10-8-15(9-11-25)13-28-17-7-6-16-19(18(17)22)23-24-26(16)12-14-4-5-14/h6-7,14-15H,4-5,8-13H2,1-3H3. The van der Waals surface area contributed by atoms with Crippen molar-refractivity contribution in [3.05, 3.63) is 17.2 Å². The minimum absolute atomic E-state index is 0.236. The highest BCUT2D eigenvalue weighted by Crippen LogP contribution is 2.35. The minimum Gasteiger partial charge on any atom is -0.492 e. The van der Waals surface area contributed by atoms with Crippen molar-refractivity contribution >= 4 is 28.7 Å². The van der Waals surface area contributed by atoms with Crippen molar-refractivity contribution in [3.63, 3.8) is 0 Å². The lowest BCUT2D eigenvalue weighted by molar-refractivity contribution is 0.0165. The van der Waals surface area contributed by atoms with Gasteiger partial charge in [0, 0.05) is 19.6 Å². The summed E-state index contributed by atoms with van der Waals surface area (Å²) in [5, 5.41) is 9.03. The molecule has 0 bridgehead atoms. The van der Waals surface area contributed by atoms with Crippen molar-refractivity contribution in [2.24, 2.45) is 11.8 Å². The van der Waals surface area contributed by atoms with Crippen LogP contribution in [-0.2, 0) is 11.3 Å². The molecular weight excluding hydrogens is 392 g/mol. The van der Waals surface area contributed by atoms with Crippen LogP contribution >= 0.6 is 11.6 Å². The van der Waals surface area contributed by atoms with E-state index in [2.05, 4.69) is 10.3 Å². The number of carbonyl (C=O) groups is 1. The Bertz CT molecular complexity index is 880. The maximum atomic E-state index is 12.2. The van der Waals surface area contributed by atoms with Gasteiger partial charge in [0.25, 0.3) is 0 Å². The summed E-state index contributed by atoms with van der Waals surface area (Å²) in [7, 11) is 0. The quantitative estimate of drug-likeness (QED) is 0.711. The number of likely N-dealkylation sites (tertiary alicyclic amines) is 1. The first kappa shape index (κ1) is 20.3. The van der Waals surface area contributed by atoms with Crippen LogP contribution in [0.1, 0.15) is 46.5 Å². The second-order valence-corrected chi connectivity index (χ2v) is 9.56. The molecule has 2 aliphatic rings. The molecule has 0 spiro atoms. The molecule has 0 N–H and O–H groups in total. The van der Waals surface area contributed by atoms with Gasteiger partial charge in [0.2, 0.25) is 0 Å². The molecule has 2 fully saturated rings. The zero-order valence-electron chi connectivity index (χ0n) is 17.4. The fourth-order valence-corrected chi connectivity index (χ4v) is 3.85. The van der Waals surface area contributed by atoms with Crippen molar-refractivity contribution in [1.29, 1.82) is 0 Å². The van der Waals surface area contributed by atoms with E-state index in [1.165, 1.54) is 12.8 Å². The molecular formula is C21H29ClN4O3.